The number of aliphatic imine (C=N–C) groups is 1. The average molecular weight is 197 g/mol. The number of nitrogens with one attached hydrogen (secondary N) is 2. The largest absolute Gasteiger partial charge is 0.478 e. The SMILES string of the molecule is C=C(C)C1=NC(C(=O)O)(C(C)C)NN1. The van der Waals surface area contributed by atoms with Crippen LogP contribution in [0, 0.1) is 5.92 Å². The Bertz CT molecular complexity index is 309. The molecule has 0 radical (unpaired) electrons. The van der Waals surface area contributed by atoms with Gasteiger partial charge in [-0.2, -0.15) is 5.43 Å². The van der Waals surface area contributed by atoms with E-state index in [0.717, 1.165) is 0 Å². The van der Waals surface area contributed by atoms with Crippen LogP contribution in [-0.4, -0.2) is 22.6 Å². The van der Waals surface area contributed by atoms with E-state index in [2.05, 4.69) is 22.4 Å². The van der Waals surface area contributed by atoms with Crippen LogP contribution in [-0.2, 0) is 4.79 Å². The fourth-order valence-electron chi connectivity index (χ4n) is 1.21. The van der Waals surface area contributed by atoms with E-state index in [9.17, 15) is 4.79 Å². The zero-order valence-electron chi connectivity index (χ0n) is 8.59. The van der Waals surface area contributed by atoms with Crippen molar-refractivity contribution in [1.29, 1.82) is 0 Å². The summed E-state index contributed by atoms with van der Waals surface area (Å²) in [5.74, 6) is -0.637. The molecule has 1 aliphatic rings. The number of amidine groups is 1. The average Bonchev–Trinajstić information content (AvgIpc) is 2.48. The van der Waals surface area contributed by atoms with E-state index in [4.69, 9.17) is 5.11 Å². The molecule has 0 aliphatic carbocycles. The van der Waals surface area contributed by atoms with Crippen molar-refractivity contribution in [3.05, 3.63) is 12.2 Å². The molecule has 0 saturated carbocycles. The lowest BCUT2D eigenvalue weighted by Crippen LogP contribution is -2.55. The second kappa shape index (κ2) is 3.42. The third-order valence-electron chi connectivity index (χ3n) is 2.23. The molecule has 0 aromatic heterocycles. The van der Waals surface area contributed by atoms with Gasteiger partial charge in [0.25, 0.3) is 0 Å². The van der Waals surface area contributed by atoms with E-state index < -0.39 is 11.6 Å². The van der Waals surface area contributed by atoms with Crippen LogP contribution < -0.4 is 10.9 Å². The minimum atomic E-state index is -1.27. The number of hydrazine groups is 1. The van der Waals surface area contributed by atoms with Gasteiger partial charge in [0.15, 0.2) is 0 Å². The Morgan fingerprint density at radius 1 is 1.64 bits per heavy atom. The number of hydrogen-bond acceptors (Lipinski definition) is 4. The normalized spacial score (nSPS) is 25.9. The van der Waals surface area contributed by atoms with E-state index >= 15 is 0 Å². The Kier molecular flexibility index (Phi) is 2.62. The second-order valence-electron chi connectivity index (χ2n) is 3.72. The van der Waals surface area contributed by atoms with Crippen molar-refractivity contribution < 1.29 is 9.90 Å². The maximum Gasteiger partial charge on any atom is 0.348 e. The monoisotopic (exact) mass is 197 g/mol. The number of carboxylic acid groups (broad SMARTS) is 1. The summed E-state index contributed by atoms with van der Waals surface area (Å²) >= 11 is 0. The molecule has 14 heavy (non-hydrogen) atoms. The van der Waals surface area contributed by atoms with Crippen LogP contribution in [0.15, 0.2) is 17.1 Å². The molecule has 5 nitrogen and oxygen atoms in total. The molecule has 1 atom stereocenters. The number of carboxylic acids is 1. The first-order chi connectivity index (χ1) is 6.40. The van der Waals surface area contributed by atoms with E-state index in [1.54, 1.807) is 20.8 Å². The van der Waals surface area contributed by atoms with E-state index in [-0.39, 0.29) is 5.92 Å². The van der Waals surface area contributed by atoms with Gasteiger partial charge in [0, 0.05) is 5.92 Å². The molecular weight excluding hydrogens is 182 g/mol. The van der Waals surface area contributed by atoms with Gasteiger partial charge >= 0.3 is 5.97 Å². The van der Waals surface area contributed by atoms with Crippen LogP contribution >= 0.6 is 0 Å². The van der Waals surface area contributed by atoms with Crippen LogP contribution in [0.1, 0.15) is 20.8 Å². The summed E-state index contributed by atoms with van der Waals surface area (Å²) in [6.07, 6.45) is 0. The molecule has 0 amide bonds. The summed E-state index contributed by atoms with van der Waals surface area (Å²) in [5.41, 5.74) is 4.86. The third kappa shape index (κ3) is 1.50. The zero-order chi connectivity index (χ0) is 10.9. The van der Waals surface area contributed by atoms with Crippen molar-refractivity contribution in [2.75, 3.05) is 0 Å². The predicted octanol–water partition coefficient (Wildman–Crippen LogP) is 0.506. The predicted molar refractivity (Wildman–Crippen MR) is 53.7 cm³/mol. The van der Waals surface area contributed by atoms with Gasteiger partial charge in [0.2, 0.25) is 5.66 Å². The Balaban J connectivity index is 3.06. The van der Waals surface area contributed by atoms with Gasteiger partial charge in [-0.05, 0) is 12.5 Å². The summed E-state index contributed by atoms with van der Waals surface area (Å²) in [5, 5.41) is 9.09. The summed E-state index contributed by atoms with van der Waals surface area (Å²) in [4.78, 5) is 15.2. The first-order valence-electron chi connectivity index (χ1n) is 4.42. The first-order valence-corrected chi connectivity index (χ1v) is 4.42. The molecule has 1 heterocycles. The molecule has 5 heteroatoms. The van der Waals surface area contributed by atoms with Crippen molar-refractivity contribution >= 4 is 11.8 Å². The van der Waals surface area contributed by atoms with E-state index in [1.807, 2.05) is 0 Å². The zero-order valence-corrected chi connectivity index (χ0v) is 8.59. The smallest absolute Gasteiger partial charge is 0.348 e. The Hall–Kier alpha value is -1.36. The highest BCUT2D eigenvalue weighted by atomic mass is 16.4. The quantitative estimate of drug-likeness (QED) is 0.616. The van der Waals surface area contributed by atoms with E-state index in [0.29, 0.717) is 11.4 Å². The highest BCUT2D eigenvalue weighted by molar-refractivity contribution is 6.01. The number of nitrogens with zero attached hydrogens (tertiary/aromatic N) is 1. The maximum atomic E-state index is 11.1. The van der Waals surface area contributed by atoms with Crippen molar-refractivity contribution in [3.63, 3.8) is 0 Å². The number of carbonyl (C=O) groups is 1. The molecule has 0 spiro atoms. The standard InChI is InChI=1S/C9H15N3O2/c1-5(2)7-10-9(6(3)4,8(13)14)12-11-7/h6,12H,1H2,2-4H3,(H,10,11)(H,13,14). The van der Waals surface area contributed by atoms with Crippen LogP contribution in [0.5, 0.6) is 0 Å². The summed E-state index contributed by atoms with van der Waals surface area (Å²) in [6, 6.07) is 0. The molecule has 0 aromatic carbocycles. The Morgan fingerprint density at radius 3 is 2.43 bits per heavy atom. The number of aliphatic carboxylic acids is 1. The van der Waals surface area contributed by atoms with Crippen molar-refractivity contribution in [2.24, 2.45) is 10.9 Å². The van der Waals surface area contributed by atoms with Crippen LogP contribution in [0.2, 0.25) is 0 Å². The summed E-state index contributed by atoms with van der Waals surface area (Å²) < 4.78 is 0. The van der Waals surface area contributed by atoms with Gasteiger partial charge in [-0.1, -0.05) is 20.4 Å². The maximum absolute atomic E-state index is 11.1. The highest BCUT2D eigenvalue weighted by Crippen LogP contribution is 2.22. The fraction of sp³-hybridized carbons (Fsp3) is 0.556. The fourth-order valence-corrected chi connectivity index (χ4v) is 1.21. The van der Waals surface area contributed by atoms with Gasteiger partial charge < -0.3 is 10.5 Å². The van der Waals surface area contributed by atoms with Gasteiger partial charge in [-0.25, -0.2) is 9.79 Å². The summed E-state index contributed by atoms with van der Waals surface area (Å²) in [7, 11) is 0. The van der Waals surface area contributed by atoms with Gasteiger partial charge in [0.05, 0.1) is 0 Å². The number of rotatable bonds is 3. The van der Waals surface area contributed by atoms with E-state index in [1.165, 1.54) is 0 Å². The van der Waals surface area contributed by atoms with Crippen molar-refractivity contribution in [2.45, 2.75) is 26.4 Å². The molecular formula is C9H15N3O2. The third-order valence-corrected chi connectivity index (χ3v) is 2.23. The molecule has 3 N–H and O–H groups in total. The molecule has 1 rings (SSSR count). The minimum Gasteiger partial charge on any atom is -0.478 e. The van der Waals surface area contributed by atoms with Gasteiger partial charge in [0.1, 0.15) is 5.84 Å². The lowest BCUT2D eigenvalue weighted by molar-refractivity contribution is -0.146. The highest BCUT2D eigenvalue weighted by Gasteiger charge is 2.45. The number of hydrogen-bond donors (Lipinski definition) is 3. The Labute approximate surface area is 82.9 Å². The molecule has 78 valence electrons. The minimum absolute atomic E-state index is 0.149. The van der Waals surface area contributed by atoms with Crippen LogP contribution in [0.3, 0.4) is 0 Å². The van der Waals surface area contributed by atoms with Crippen molar-refractivity contribution in [3.8, 4) is 0 Å². The molecule has 0 fully saturated rings. The lowest BCUT2D eigenvalue weighted by Gasteiger charge is -2.24. The van der Waals surface area contributed by atoms with Crippen LogP contribution in [0.25, 0.3) is 0 Å². The summed E-state index contributed by atoms with van der Waals surface area (Å²) in [6.45, 7) is 9.06. The lowest BCUT2D eigenvalue weighted by atomic mass is 9.98. The Morgan fingerprint density at radius 2 is 2.21 bits per heavy atom. The molecule has 0 bridgehead atoms. The van der Waals surface area contributed by atoms with Gasteiger partial charge in [-0.3, -0.25) is 0 Å². The molecule has 0 saturated heterocycles. The van der Waals surface area contributed by atoms with Crippen LogP contribution in [0.4, 0.5) is 0 Å². The second-order valence-corrected chi connectivity index (χ2v) is 3.72. The topological polar surface area (TPSA) is 73.7 Å². The van der Waals surface area contributed by atoms with Gasteiger partial charge in [-0.15, -0.1) is 0 Å². The molecule has 1 unspecified atom stereocenters. The van der Waals surface area contributed by atoms with Crippen molar-refractivity contribution in [1.82, 2.24) is 10.9 Å². The molecule has 0 aromatic rings. The molecule has 1 aliphatic heterocycles. The first kappa shape index (κ1) is 10.7.